The van der Waals surface area contributed by atoms with E-state index < -0.39 is 0 Å². The van der Waals surface area contributed by atoms with Crippen molar-refractivity contribution in [3.05, 3.63) is 11.8 Å². The zero-order valence-corrected chi connectivity index (χ0v) is 8.75. The Kier molecular flexibility index (Phi) is 4.66. The highest BCUT2D eigenvalue weighted by atomic mass is 16.3. The van der Waals surface area contributed by atoms with E-state index in [9.17, 15) is 4.79 Å². The smallest absolute Gasteiger partial charge is 0.157 e. The molecule has 0 saturated heterocycles. The first-order valence-electron chi connectivity index (χ1n) is 5.30. The minimum absolute atomic E-state index is 0.233. The summed E-state index contributed by atoms with van der Waals surface area (Å²) in [6, 6.07) is 0. The third-order valence-corrected chi connectivity index (χ3v) is 2.51. The average molecular weight is 197 g/mol. The zero-order valence-electron chi connectivity index (χ0n) is 8.75. The summed E-state index contributed by atoms with van der Waals surface area (Å²) >= 11 is 0. The van der Waals surface area contributed by atoms with E-state index in [4.69, 9.17) is 5.11 Å². The summed E-state index contributed by atoms with van der Waals surface area (Å²) in [4.78, 5) is 10.9. The summed E-state index contributed by atoms with van der Waals surface area (Å²) in [7, 11) is 0. The van der Waals surface area contributed by atoms with Crippen molar-refractivity contribution in [1.29, 1.82) is 0 Å². The van der Waals surface area contributed by atoms with E-state index in [1.54, 1.807) is 6.08 Å². The topological polar surface area (TPSA) is 49.3 Å². The minimum Gasteiger partial charge on any atom is -0.396 e. The Morgan fingerprint density at radius 2 is 2.36 bits per heavy atom. The second kappa shape index (κ2) is 5.81. The van der Waals surface area contributed by atoms with E-state index in [0.717, 1.165) is 31.5 Å². The van der Waals surface area contributed by atoms with Gasteiger partial charge in [-0.15, -0.1) is 0 Å². The van der Waals surface area contributed by atoms with Gasteiger partial charge in [-0.05, 0) is 25.2 Å². The fraction of sp³-hybridized carbons (Fsp3) is 0.727. The van der Waals surface area contributed by atoms with Crippen LogP contribution in [-0.4, -0.2) is 24.0 Å². The number of hydrogen-bond donors (Lipinski definition) is 2. The number of aliphatic hydroxyl groups excluding tert-OH is 1. The van der Waals surface area contributed by atoms with Crippen LogP contribution in [0.3, 0.4) is 0 Å². The fourth-order valence-corrected chi connectivity index (χ4v) is 1.53. The van der Waals surface area contributed by atoms with Gasteiger partial charge in [0, 0.05) is 31.3 Å². The van der Waals surface area contributed by atoms with E-state index in [0.29, 0.717) is 12.3 Å². The number of rotatable bonds is 6. The number of nitrogens with one attached hydrogen (secondary N) is 1. The van der Waals surface area contributed by atoms with Gasteiger partial charge in [-0.3, -0.25) is 4.79 Å². The molecule has 1 rings (SSSR count). The van der Waals surface area contributed by atoms with Gasteiger partial charge in [-0.25, -0.2) is 0 Å². The van der Waals surface area contributed by atoms with Crippen LogP contribution in [0.5, 0.6) is 0 Å². The third-order valence-electron chi connectivity index (χ3n) is 2.51. The summed E-state index contributed by atoms with van der Waals surface area (Å²) in [6.07, 6.45) is 5.32. The molecule has 1 aliphatic rings. The predicted octanol–water partition coefficient (Wildman–Crippen LogP) is 1.23. The number of ketones is 1. The Balaban J connectivity index is 2.04. The maximum atomic E-state index is 10.9. The molecule has 3 heteroatoms. The first-order chi connectivity index (χ1) is 6.72. The standard InChI is InChI=1S/C11H19NO2/c1-9(8-13)3-2-6-12-10-4-5-11(14)7-10/h7,9,12-13H,2-6,8H2,1H3. The molecule has 14 heavy (non-hydrogen) atoms. The quantitative estimate of drug-likeness (QED) is 0.630. The van der Waals surface area contributed by atoms with Gasteiger partial charge >= 0.3 is 0 Å². The molecule has 0 saturated carbocycles. The van der Waals surface area contributed by atoms with Gasteiger partial charge in [-0.1, -0.05) is 6.92 Å². The number of aliphatic hydroxyl groups is 1. The second-order valence-electron chi connectivity index (χ2n) is 3.99. The van der Waals surface area contributed by atoms with Crippen LogP contribution < -0.4 is 5.32 Å². The molecule has 2 N–H and O–H groups in total. The van der Waals surface area contributed by atoms with Crippen molar-refractivity contribution in [2.45, 2.75) is 32.6 Å². The number of allylic oxidation sites excluding steroid dienone is 2. The van der Waals surface area contributed by atoms with Crippen molar-refractivity contribution in [3.8, 4) is 0 Å². The van der Waals surface area contributed by atoms with Crippen LogP contribution in [0.2, 0.25) is 0 Å². The van der Waals surface area contributed by atoms with Crippen molar-refractivity contribution in [2.24, 2.45) is 5.92 Å². The first kappa shape index (κ1) is 11.2. The molecule has 1 atom stereocenters. The van der Waals surface area contributed by atoms with E-state index in [2.05, 4.69) is 5.32 Å². The monoisotopic (exact) mass is 197 g/mol. The van der Waals surface area contributed by atoms with Gasteiger partial charge in [0.2, 0.25) is 0 Å². The van der Waals surface area contributed by atoms with E-state index in [1.165, 1.54) is 0 Å². The van der Waals surface area contributed by atoms with Crippen LogP contribution >= 0.6 is 0 Å². The van der Waals surface area contributed by atoms with Gasteiger partial charge in [0.15, 0.2) is 5.78 Å². The Hall–Kier alpha value is -0.830. The lowest BCUT2D eigenvalue weighted by atomic mass is 10.1. The molecule has 0 heterocycles. The molecule has 0 bridgehead atoms. The lowest BCUT2D eigenvalue weighted by molar-refractivity contribution is -0.114. The van der Waals surface area contributed by atoms with Gasteiger partial charge in [0.1, 0.15) is 0 Å². The van der Waals surface area contributed by atoms with Crippen LogP contribution in [0.15, 0.2) is 11.8 Å². The highest BCUT2D eigenvalue weighted by molar-refractivity contribution is 5.92. The van der Waals surface area contributed by atoms with Gasteiger partial charge in [0.25, 0.3) is 0 Å². The van der Waals surface area contributed by atoms with Crippen LogP contribution in [0.1, 0.15) is 32.6 Å². The molecule has 0 aromatic carbocycles. The summed E-state index contributed by atoms with van der Waals surface area (Å²) < 4.78 is 0. The molecule has 3 nitrogen and oxygen atoms in total. The largest absolute Gasteiger partial charge is 0.396 e. The summed E-state index contributed by atoms with van der Waals surface area (Å²) in [5, 5.41) is 12.1. The summed E-state index contributed by atoms with van der Waals surface area (Å²) in [6.45, 7) is 3.21. The highest BCUT2D eigenvalue weighted by Gasteiger charge is 2.10. The molecule has 0 aliphatic heterocycles. The molecule has 0 amide bonds. The molecule has 1 unspecified atom stereocenters. The normalized spacial score (nSPS) is 18.1. The number of carbonyl (C=O) groups excluding carboxylic acids is 1. The summed E-state index contributed by atoms with van der Waals surface area (Å²) in [5.41, 5.74) is 1.08. The van der Waals surface area contributed by atoms with Gasteiger partial charge < -0.3 is 10.4 Å². The van der Waals surface area contributed by atoms with E-state index >= 15 is 0 Å². The van der Waals surface area contributed by atoms with Crippen LogP contribution in [0.4, 0.5) is 0 Å². The Labute approximate surface area is 85.2 Å². The number of hydrogen-bond acceptors (Lipinski definition) is 3. The van der Waals surface area contributed by atoms with E-state index in [-0.39, 0.29) is 12.4 Å². The molecule has 0 radical (unpaired) electrons. The third kappa shape index (κ3) is 3.92. The lowest BCUT2D eigenvalue weighted by Gasteiger charge is -2.09. The molecule has 0 spiro atoms. The van der Waals surface area contributed by atoms with Crippen LogP contribution in [-0.2, 0) is 4.79 Å². The molecular weight excluding hydrogens is 178 g/mol. The first-order valence-corrected chi connectivity index (χ1v) is 5.30. The number of carbonyl (C=O) groups is 1. The highest BCUT2D eigenvalue weighted by Crippen LogP contribution is 2.12. The van der Waals surface area contributed by atoms with Crippen LogP contribution in [0.25, 0.3) is 0 Å². The molecule has 0 fully saturated rings. The maximum Gasteiger partial charge on any atom is 0.157 e. The lowest BCUT2D eigenvalue weighted by Crippen LogP contribution is -2.14. The summed E-state index contributed by atoms with van der Waals surface area (Å²) in [5.74, 6) is 0.618. The van der Waals surface area contributed by atoms with Crippen molar-refractivity contribution in [3.63, 3.8) is 0 Å². The molecule has 1 aliphatic carbocycles. The molecule has 0 aromatic heterocycles. The predicted molar refractivity (Wildman–Crippen MR) is 55.8 cm³/mol. The molecular formula is C11H19NO2. The molecule has 0 aromatic rings. The Bertz CT molecular complexity index is 223. The van der Waals surface area contributed by atoms with Gasteiger partial charge in [-0.2, -0.15) is 0 Å². The maximum absolute atomic E-state index is 10.9. The molecule has 80 valence electrons. The van der Waals surface area contributed by atoms with Crippen molar-refractivity contribution >= 4 is 5.78 Å². The second-order valence-corrected chi connectivity index (χ2v) is 3.99. The van der Waals surface area contributed by atoms with Gasteiger partial charge in [0.05, 0.1) is 0 Å². The van der Waals surface area contributed by atoms with E-state index in [1.807, 2.05) is 6.92 Å². The van der Waals surface area contributed by atoms with Crippen molar-refractivity contribution in [2.75, 3.05) is 13.2 Å². The fourth-order valence-electron chi connectivity index (χ4n) is 1.53. The Morgan fingerprint density at radius 1 is 1.57 bits per heavy atom. The van der Waals surface area contributed by atoms with Crippen molar-refractivity contribution < 1.29 is 9.90 Å². The SMILES string of the molecule is CC(CO)CCCNC1=CC(=O)CC1. The minimum atomic E-state index is 0.233. The average Bonchev–Trinajstić information content (AvgIpc) is 2.58. The zero-order chi connectivity index (χ0) is 10.4. The van der Waals surface area contributed by atoms with Crippen molar-refractivity contribution in [1.82, 2.24) is 5.32 Å². The van der Waals surface area contributed by atoms with Crippen LogP contribution in [0, 0.1) is 5.92 Å². The Morgan fingerprint density at radius 3 is 2.93 bits per heavy atom.